The lowest BCUT2D eigenvalue weighted by atomic mass is 9.99. The topological polar surface area (TPSA) is 153 Å². The minimum Gasteiger partial charge on any atom is -0.494 e. The summed E-state index contributed by atoms with van der Waals surface area (Å²) in [5, 5.41) is 9.26. The third kappa shape index (κ3) is 4.54. The van der Waals surface area contributed by atoms with E-state index in [2.05, 4.69) is 19.9 Å². The second-order valence-electron chi connectivity index (χ2n) is 6.35. The number of methoxy groups -OCH3 is 2. The van der Waals surface area contributed by atoms with Gasteiger partial charge in [0.25, 0.3) is 0 Å². The lowest BCUT2D eigenvalue weighted by Crippen LogP contribution is -2.03. The van der Waals surface area contributed by atoms with Crippen molar-refractivity contribution in [2.24, 2.45) is 0 Å². The van der Waals surface area contributed by atoms with Crippen molar-refractivity contribution in [3.05, 3.63) is 59.7 Å². The number of imidazole rings is 1. The molecule has 0 aliphatic rings. The number of nitrogens with zero attached hydrogens (tertiary/aromatic N) is 3. The average Bonchev–Trinajstić information content (AvgIpc) is 3.25. The van der Waals surface area contributed by atoms with Crippen LogP contribution in [0.1, 0.15) is 20.8 Å². The van der Waals surface area contributed by atoms with Crippen LogP contribution in [0.15, 0.2) is 36.8 Å². The van der Waals surface area contributed by atoms with Crippen molar-refractivity contribution < 1.29 is 33.0 Å². The molecule has 0 radical (unpaired) electrons. The number of benzene rings is 2. The van der Waals surface area contributed by atoms with Crippen LogP contribution in [0.5, 0.6) is 11.5 Å². The van der Waals surface area contributed by atoms with Crippen LogP contribution >= 0.6 is 0 Å². The van der Waals surface area contributed by atoms with Crippen LogP contribution in [0.25, 0.3) is 22.2 Å². The third-order valence-electron chi connectivity index (χ3n) is 4.44. The summed E-state index contributed by atoms with van der Waals surface area (Å²) >= 11 is 0. The van der Waals surface area contributed by atoms with Gasteiger partial charge in [0.2, 0.25) is 0 Å². The Hall–Kier alpha value is -4.61. The molecule has 0 aliphatic carbocycles. The maximum atomic E-state index is 14.7. The predicted octanol–water partition coefficient (Wildman–Crippen LogP) is 3.09. The second-order valence-corrected chi connectivity index (χ2v) is 6.35. The summed E-state index contributed by atoms with van der Waals surface area (Å²) in [4.78, 5) is 35.4. The summed E-state index contributed by atoms with van der Waals surface area (Å²) in [5.41, 5.74) is 5.09. The summed E-state index contributed by atoms with van der Waals surface area (Å²) in [5.74, 6) is -3.28. The molecular weight excluding hydrogens is 440 g/mol. The van der Waals surface area contributed by atoms with E-state index in [0.717, 1.165) is 6.07 Å². The highest BCUT2D eigenvalue weighted by Gasteiger charge is 2.24. The van der Waals surface area contributed by atoms with E-state index >= 15 is 0 Å². The Bertz CT molecular complexity index is 1310. The number of carbonyl (C=O) groups is 2. The maximum Gasteiger partial charge on any atom is 0.337 e. The fraction of sp³-hybridized carbons (Fsp3) is 0.0952. The van der Waals surface area contributed by atoms with Gasteiger partial charge in [0.05, 0.1) is 42.8 Å². The van der Waals surface area contributed by atoms with Crippen molar-refractivity contribution in [1.29, 1.82) is 0 Å². The number of rotatable bonds is 5. The summed E-state index contributed by atoms with van der Waals surface area (Å²) < 4.78 is 39.3. The van der Waals surface area contributed by atoms with Gasteiger partial charge in [-0.15, -0.1) is 0 Å². The van der Waals surface area contributed by atoms with E-state index < -0.39 is 23.2 Å². The van der Waals surface area contributed by atoms with Gasteiger partial charge in [0.1, 0.15) is 5.52 Å². The molecule has 0 unspecified atom stereocenters. The van der Waals surface area contributed by atoms with Gasteiger partial charge in [0.15, 0.2) is 35.4 Å². The predicted molar refractivity (Wildman–Crippen MR) is 113 cm³/mol. The van der Waals surface area contributed by atoms with Gasteiger partial charge in [-0.2, -0.15) is 0 Å². The number of anilines is 1. The minimum absolute atomic E-state index is 0.0214. The lowest BCUT2D eigenvalue weighted by Gasteiger charge is -2.14. The van der Waals surface area contributed by atoms with Crippen LogP contribution in [0, 0.1) is 11.6 Å². The molecule has 0 saturated heterocycles. The standard InChI is InChI=1S/C17H12F2N2O4.C4H5N3O/c1-24-10-7-11(25-2)14(19)12(13(10)18)8-3-4-9(17(22)23)16-15(8)20-5-6-21-16;5-4-6-1-3(2-8)7-4/h3-7H,1-2H3,(H,22,23);1-2H,(H3,5,6,7). The van der Waals surface area contributed by atoms with E-state index in [1.807, 2.05) is 0 Å². The first-order valence-corrected chi connectivity index (χ1v) is 9.15. The molecule has 33 heavy (non-hydrogen) atoms. The minimum atomic E-state index is -1.22. The first-order valence-electron chi connectivity index (χ1n) is 9.15. The molecular formula is C21H17F2N5O5. The van der Waals surface area contributed by atoms with E-state index in [1.54, 1.807) is 0 Å². The van der Waals surface area contributed by atoms with E-state index in [9.17, 15) is 23.5 Å². The first-order chi connectivity index (χ1) is 15.8. The number of carboxylic acids is 1. The number of carboxylic acid groups (broad SMARTS) is 1. The van der Waals surface area contributed by atoms with Gasteiger partial charge in [-0.3, -0.25) is 14.8 Å². The molecule has 4 rings (SSSR count). The normalized spacial score (nSPS) is 10.3. The number of hydrogen-bond donors (Lipinski definition) is 3. The molecule has 0 amide bonds. The highest BCUT2D eigenvalue weighted by Crippen LogP contribution is 2.40. The van der Waals surface area contributed by atoms with E-state index in [1.165, 1.54) is 44.9 Å². The molecule has 0 spiro atoms. The van der Waals surface area contributed by atoms with Crippen molar-refractivity contribution in [3.63, 3.8) is 0 Å². The van der Waals surface area contributed by atoms with Crippen molar-refractivity contribution >= 4 is 29.2 Å². The number of hydrogen-bond acceptors (Lipinski definition) is 8. The summed E-state index contributed by atoms with van der Waals surface area (Å²) in [7, 11) is 2.48. The highest BCUT2D eigenvalue weighted by molar-refractivity contribution is 6.05. The second kappa shape index (κ2) is 9.68. The number of aromatic nitrogens is 4. The van der Waals surface area contributed by atoms with Crippen molar-refractivity contribution in [2.75, 3.05) is 20.0 Å². The molecule has 0 fully saturated rings. The Balaban J connectivity index is 0.000000323. The number of aromatic amines is 1. The van der Waals surface area contributed by atoms with Gasteiger partial charge in [-0.25, -0.2) is 18.6 Å². The molecule has 10 nitrogen and oxygen atoms in total. The van der Waals surface area contributed by atoms with Crippen LogP contribution in [0.2, 0.25) is 0 Å². The third-order valence-corrected chi connectivity index (χ3v) is 4.44. The molecule has 2 aromatic carbocycles. The monoisotopic (exact) mass is 457 g/mol. The molecule has 0 saturated carbocycles. The van der Waals surface area contributed by atoms with Crippen molar-refractivity contribution in [3.8, 4) is 22.6 Å². The molecule has 0 aliphatic heterocycles. The number of halogens is 2. The average molecular weight is 457 g/mol. The number of nitrogens with two attached hydrogens (primary N) is 1. The van der Waals surface area contributed by atoms with Gasteiger partial charge >= 0.3 is 5.97 Å². The summed E-state index contributed by atoms with van der Waals surface area (Å²) in [6, 6.07) is 3.59. The number of carbonyl (C=O) groups excluding carboxylic acids is 1. The number of H-pyrrole nitrogens is 1. The van der Waals surface area contributed by atoms with Crippen LogP contribution in [0.3, 0.4) is 0 Å². The Morgan fingerprint density at radius 2 is 1.67 bits per heavy atom. The number of nitrogen functional groups attached to an aromatic ring is 1. The fourth-order valence-electron chi connectivity index (χ4n) is 2.96. The zero-order chi connectivity index (χ0) is 24.1. The van der Waals surface area contributed by atoms with Crippen LogP contribution in [-0.4, -0.2) is 51.5 Å². The molecule has 4 N–H and O–H groups in total. The first kappa shape index (κ1) is 23.1. The van der Waals surface area contributed by atoms with Crippen molar-refractivity contribution in [2.45, 2.75) is 0 Å². The molecule has 2 heterocycles. The number of ether oxygens (including phenoxy) is 2. The van der Waals surface area contributed by atoms with Gasteiger partial charge < -0.3 is 25.3 Å². The van der Waals surface area contributed by atoms with E-state index in [-0.39, 0.29) is 39.6 Å². The number of aromatic carboxylic acids is 1. The van der Waals surface area contributed by atoms with Gasteiger partial charge in [0, 0.05) is 24.0 Å². The molecule has 12 heteroatoms. The maximum absolute atomic E-state index is 14.7. The Labute approximate surface area is 185 Å². The number of fused-ring (bicyclic) bond motifs is 1. The smallest absolute Gasteiger partial charge is 0.337 e. The summed E-state index contributed by atoms with van der Waals surface area (Å²) in [6.07, 6.45) is 4.65. The Morgan fingerprint density at radius 1 is 1.06 bits per heavy atom. The fourth-order valence-corrected chi connectivity index (χ4v) is 2.96. The molecule has 0 bridgehead atoms. The summed E-state index contributed by atoms with van der Waals surface area (Å²) in [6.45, 7) is 0. The van der Waals surface area contributed by atoms with Crippen LogP contribution < -0.4 is 15.2 Å². The van der Waals surface area contributed by atoms with Crippen LogP contribution in [0.4, 0.5) is 14.7 Å². The van der Waals surface area contributed by atoms with E-state index in [4.69, 9.17) is 15.2 Å². The van der Waals surface area contributed by atoms with Crippen molar-refractivity contribution in [1.82, 2.24) is 19.9 Å². The quantitative estimate of drug-likeness (QED) is 0.384. The molecule has 4 aromatic rings. The van der Waals surface area contributed by atoms with Gasteiger partial charge in [-0.05, 0) is 6.07 Å². The molecule has 170 valence electrons. The van der Waals surface area contributed by atoms with E-state index in [0.29, 0.717) is 12.0 Å². The highest BCUT2D eigenvalue weighted by atomic mass is 19.1. The largest absolute Gasteiger partial charge is 0.494 e. The number of nitrogens with one attached hydrogen (secondary N) is 1. The lowest BCUT2D eigenvalue weighted by molar-refractivity contribution is 0.0698. The van der Waals surface area contributed by atoms with Crippen LogP contribution in [-0.2, 0) is 0 Å². The Morgan fingerprint density at radius 3 is 2.12 bits per heavy atom. The molecule has 2 aromatic heterocycles. The number of aldehydes is 1. The zero-order valence-corrected chi connectivity index (χ0v) is 17.3. The molecule has 0 atom stereocenters. The zero-order valence-electron chi connectivity index (χ0n) is 17.3. The SMILES string of the molecule is COc1cc(OC)c(F)c(-c2ccc(C(=O)O)c3nccnc23)c1F.Nc1ncc(C=O)[nH]1. The van der Waals surface area contributed by atoms with Gasteiger partial charge in [-0.1, -0.05) is 6.07 Å². The Kier molecular flexibility index (Phi) is 6.77.